The van der Waals surface area contributed by atoms with Gasteiger partial charge in [0, 0.05) is 62.2 Å². The Morgan fingerprint density at radius 1 is 1.29 bits per heavy atom. The third-order valence-corrected chi connectivity index (χ3v) is 5.41. The number of nitrogens with one attached hydrogen (secondary N) is 1. The number of benzene rings is 1. The first-order chi connectivity index (χ1) is 14.7. The standard InChI is InChI=1S/C22H23ClF2N4O2/c1-14(29-8-10-30-11-9-29)17-13-26-21(16-6-7-28(3)20(16)17)27-19-5-4-15(12-18(19)23)31-22(2,24)25/h4-7,12-13H,1,8-11H2,2-3H3,(H,26,27). The van der Waals surface area contributed by atoms with Gasteiger partial charge in [0.1, 0.15) is 11.6 Å². The molecule has 0 aliphatic carbocycles. The van der Waals surface area contributed by atoms with E-state index in [1.807, 2.05) is 23.9 Å². The van der Waals surface area contributed by atoms with Gasteiger partial charge < -0.3 is 24.3 Å². The molecule has 1 N–H and O–H groups in total. The fourth-order valence-corrected chi connectivity index (χ4v) is 3.84. The topological polar surface area (TPSA) is 51.6 Å². The molecule has 1 aromatic carbocycles. The number of anilines is 2. The van der Waals surface area contributed by atoms with Gasteiger partial charge in [-0.3, -0.25) is 0 Å². The van der Waals surface area contributed by atoms with Crippen molar-refractivity contribution in [2.45, 2.75) is 13.0 Å². The summed E-state index contributed by atoms with van der Waals surface area (Å²) in [7, 11) is 1.96. The van der Waals surface area contributed by atoms with Crippen molar-refractivity contribution < 1.29 is 18.3 Å². The van der Waals surface area contributed by atoms with Crippen LogP contribution in [0.25, 0.3) is 16.6 Å². The molecule has 6 nitrogen and oxygen atoms in total. The van der Waals surface area contributed by atoms with Crippen LogP contribution in [0.1, 0.15) is 12.5 Å². The molecule has 3 aromatic rings. The zero-order chi connectivity index (χ0) is 22.2. The van der Waals surface area contributed by atoms with E-state index < -0.39 is 6.11 Å². The van der Waals surface area contributed by atoms with Crippen LogP contribution >= 0.6 is 11.6 Å². The summed E-state index contributed by atoms with van der Waals surface area (Å²) in [5.41, 5.74) is 3.35. The van der Waals surface area contributed by atoms with E-state index in [1.54, 1.807) is 12.3 Å². The van der Waals surface area contributed by atoms with E-state index >= 15 is 0 Å². The zero-order valence-corrected chi connectivity index (χ0v) is 18.0. The van der Waals surface area contributed by atoms with Gasteiger partial charge in [-0.25, -0.2) is 4.98 Å². The van der Waals surface area contributed by atoms with Gasteiger partial charge in [0.15, 0.2) is 0 Å². The molecule has 1 aliphatic rings. The van der Waals surface area contributed by atoms with Crippen molar-refractivity contribution in [2.75, 3.05) is 31.6 Å². The number of alkyl halides is 2. The lowest BCUT2D eigenvalue weighted by Crippen LogP contribution is -2.34. The van der Waals surface area contributed by atoms with Gasteiger partial charge in [0.05, 0.1) is 29.4 Å². The average Bonchev–Trinajstić information content (AvgIpc) is 3.11. The highest BCUT2D eigenvalue weighted by Gasteiger charge is 2.24. The van der Waals surface area contributed by atoms with Crippen LogP contribution in [-0.2, 0) is 11.8 Å². The number of aryl methyl sites for hydroxylation is 1. The molecule has 0 spiro atoms. The Balaban J connectivity index is 1.65. The van der Waals surface area contributed by atoms with Gasteiger partial charge in [-0.2, -0.15) is 8.78 Å². The summed E-state index contributed by atoms with van der Waals surface area (Å²) in [5, 5.41) is 4.34. The highest BCUT2D eigenvalue weighted by Crippen LogP contribution is 2.35. The highest BCUT2D eigenvalue weighted by atomic mass is 35.5. The van der Waals surface area contributed by atoms with Crippen molar-refractivity contribution in [1.29, 1.82) is 0 Å². The number of hydrogen-bond donors (Lipinski definition) is 1. The van der Waals surface area contributed by atoms with Crippen LogP contribution in [0.2, 0.25) is 5.02 Å². The molecule has 2 aromatic heterocycles. The number of ether oxygens (including phenoxy) is 2. The van der Waals surface area contributed by atoms with E-state index in [0.29, 0.717) is 31.6 Å². The molecule has 0 atom stereocenters. The average molecular weight is 449 g/mol. The molecule has 3 heterocycles. The molecule has 0 saturated carbocycles. The highest BCUT2D eigenvalue weighted by molar-refractivity contribution is 6.33. The first-order valence-electron chi connectivity index (χ1n) is 9.82. The number of hydrogen-bond acceptors (Lipinski definition) is 5. The van der Waals surface area contributed by atoms with E-state index in [1.165, 1.54) is 12.1 Å². The Morgan fingerprint density at radius 2 is 2.03 bits per heavy atom. The van der Waals surface area contributed by atoms with E-state index in [0.717, 1.165) is 35.3 Å². The summed E-state index contributed by atoms with van der Waals surface area (Å²) in [4.78, 5) is 6.79. The number of pyridine rings is 1. The Morgan fingerprint density at radius 3 is 2.71 bits per heavy atom. The SMILES string of the molecule is C=C(c1cnc(Nc2ccc(OC(C)(F)F)cc2Cl)c2ccn(C)c12)N1CCOCC1. The summed E-state index contributed by atoms with van der Waals surface area (Å²) < 4.78 is 38.2. The second-order valence-electron chi connectivity index (χ2n) is 7.43. The largest absolute Gasteiger partial charge is 0.433 e. The minimum absolute atomic E-state index is 0.0157. The second-order valence-corrected chi connectivity index (χ2v) is 7.84. The van der Waals surface area contributed by atoms with Gasteiger partial charge in [-0.15, -0.1) is 0 Å². The maximum atomic E-state index is 13.1. The Kier molecular flexibility index (Phi) is 5.77. The van der Waals surface area contributed by atoms with Crippen molar-refractivity contribution in [3.05, 3.63) is 53.8 Å². The predicted molar refractivity (Wildman–Crippen MR) is 118 cm³/mol. The third kappa shape index (κ3) is 4.60. The molecule has 1 saturated heterocycles. The number of nitrogens with zero attached hydrogens (tertiary/aromatic N) is 3. The van der Waals surface area contributed by atoms with Crippen LogP contribution in [0.5, 0.6) is 5.75 Å². The summed E-state index contributed by atoms with van der Waals surface area (Å²) in [5.74, 6) is 0.587. The summed E-state index contributed by atoms with van der Waals surface area (Å²) in [6, 6.07) is 6.32. The Hall–Kier alpha value is -2.84. The minimum atomic E-state index is -3.28. The van der Waals surface area contributed by atoms with Crippen LogP contribution < -0.4 is 10.1 Å². The van der Waals surface area contributed by atoms with Crippen molar-refractivity contribution in [1.82, 2.24) is 14.5 Å². The summed E-state index contributed by atoms with van der Waals surface area (Å²) in [6.07, 6.45) is 0.454. The van der Waals surface area contributed by atoms with Crippen LogP contribution in [0, 0.1) is 0 Å². The molecule has 9 heteroatoms. The van der Waals surface area contributed by atoms with Crippen LogP contribution in [0.4, 0.5) is 20.3 Å². The second kappa shape index (κ2) is 8.36. The van der Waals surface area contributed by atoms with Gasteiger partial charge in [-0.1, -0.05) is 18.2 Å². The van der Waals surface area contributed by atoms with Gasteiger partial charge in [-0.05, 0) is 18.2 Å². The maximum Gasteiger partial charge on any atom is 0.394 e. The molecule has 0 radical (unpaired) electrons. The number of fused-ring (bicyclic) bond motifs is 1. The van der Waals surface area contributed by atoms with Crippen molar-refractivity contribution in [3.63, 3.8) is 0 Å². The van der Waals surface area contributed by atoms with Crippen molar-refractivity contribution in [2.24, 2.45) is 7.05 Å². The van der Waals surface area contributed by atoms with Gasteiger partial charge in [0.25, 0.3) is 0 Å². The fourth-order valence-electron chi connectivity index (χ4n) is 3.63. The fraction of sp³-hybridized carbons (Fsp3) is 0.318. The number of rotatable bonds is 6. The zero-order valence-electron chi connectivity index (χ0n) is 17.3. The van der Waals surface area contributed by atoms with Crippen molar-refractivity contribution >= 4 is 39.7 Å². The summed E-state index contributed by atoms with van der Waals surface area (Å²) in [6.45, 7) is 7.87. The van der Waals surface area contributed by atoms with Gasteiger partial charge >= 0.3 is 6.11 Å². The molecule has 164 valence electrons. The molecule has 0 amide bonds. The van der Waals surface area contributed by atoms with Crippen LogP contribution in [0.3, 0.4) is 0 Å². The first-order valence-corrected chi connectivity index (χ1v) is 10.2. The number of halogens is 3. The minimum Gasteiger partial charge on any atom is -0.433 e. The first kappa shape index (κ1) is 21.4. The molecule has 0 bridgehead atoms. The normalized spacial score (nSPS) is 14.7. The molecule has 1 fully saturated rings. The molecular weight excluding hydrogens is 426 g/mol. The smallest absolute Gasteiger partial charge is 0.394 e. The van der Waals surface area contributed by atoms with E-state index in [9.17, 15) is 8.78 Å². The maximum absolute atomic E-state index is 13.1. The lowest BCUT2D eigenvalue weighted by atomic mass is 10.1. The monoisotopic (exact) mass is 448 g/mol. The molecule has 1 aliphatic heterocycles. The van der Waals surface area contributed by atoms with E-state index in [2.05, 4.69) is 26.5 Å². The molecular formula is C22H23ClF2N4O2. The quantitative estimate of drug-likeness (QED) is 0.557. The predicted octanol–water partition coefficient (Wildman–Crippen LogP) is 5.26. The number of morpholine rings is 1. The van der Waals surface area contributed by atoms with E-state index in [4.69, 9.17) is 16.3 Å². The lowest BCUT2D eigenvalue weighted by molar-refractivity contribution is -0.158. The Labute approximate surface area is 184 Å². The van der Waals surface area contributed by atoms with Crippen LogP contribution in [-0.4, -0.2) is 46.9 Å². The van der Waals surface area contributed by atoms with E-state index in [-0.39, 0.29) is 10.8 Å². The van der Waals surface area contributed by atoms with Crippen LogP contribution in [0.15, 0.2) is 43.2 Å². The summed E-state index contributed by atoms with van der Waals surface area (Å²) >= 11 is 6.29. The lowest BCUT2D eigenvalue weighted by Gasteiger charge is -2.31. The molecule has 31 heavy (non-hydrogen) atoms. The van der Waals surface area contributed by atoms with Crippen molar-refractivity contribution in [3.8, 4) is 5.75 Å². The number of aromatic nitrogens is 2. The molecule has 4 rings (SSSR count). The van der Waals surface area contributed by atoms with Gasteiger partial charge in [0.2, 0.25) is 0 Å². The third-order valence-electron chi connectivity index (χ3n) is 5.10. The molecule has 0 unspecified atom stereocenters. The Bertz CT molecular complexity index is 1120.